The third-order valence-corrected chi connectivity index (χ3v) is 5.46. The molecule has 1 aliphatic rings. The number of hydrogen-bond donors (Lipinski definition) is 3. The molecular weight excluding hydrogens is 432 g/mol. The number of piperidine rings is 1. The van der Waals surface area contributed by atoms with E-state index in [2.05, 4.69) is 20.4 Å². The second kappa shape index (κ2) is 8.77. The first kappa shape index (κ1) is 22.1. The third-order valence-electron chi connectivity index (χ3n) is 5.46. The molecule has 1 saturated heterocycles. The standard InChI is InChI=1S/C22H21F2N7O2/c1-12-19(25)17(20(26-2)13-7-14(23)9-15(24)8-13)5-6-30(12)22(33)21-28-11-31(29-21)16-3-4-18(32)27-10-16/h3-4,7-12,25-26H,5-6H2,1-2H3,(H,27,32)/b20-17-,25-19?/t12-/m0/s1. The van der Waals surface area contributed by atoms with Gasteiger partial charge in [-0.3, -0.25) is 4.79 Å². The van der Waals surface area contributed by atoms with Gasteiger partial charge in [-0.25, -0.2) is 23.4 Å². The molecule has 170 valence electrons. The fourth-order valence-corrected chi connectivity index (χ4v) is 3.80. The summed E-state index contributed by atoms with van der Waals surface area (Å²) in [5, 5.41) is 25.1. The number of aromatic hydroxyl groups is 1. The normalized spacial score (nSPS) is 17.8. The lowest BCUT2D eigenvalue weighted by molar-refractivity contribution is 0.0716. The maximum atomic E-state index is 13.7. The van der Waals surface area contributed by atoms with Gasteiger partial charge in [0.25, 0.3) is 5.91 Å². The zero-order chi connectivity index (χ0) is 23.7. The Hall–Kier alpha value is -4.15. The highest BCUT2D eigenvalue weighted by Crippen LogP contribution is 2.27. The van der Waals surface area contributed by atoms with Crippen molar-refractivity contribution in [2.24, 2.45) is 0 Å². The van der Waals surface area contributed by atoms with E-state index in [4.69, 9.17) is 5.41 Å². The van der Waals surface area contributed by atoms with E-state index in [9.17, 15) is 18.7 Å². The van der Waals surface area contributed by atoms with Crippen LogP contribution in [-0.2, 0) is 0 Å². The van der Waals surface area contributed by atoms with Crippen molar-refractivity contribution >= 4 is 17.3 Å². The van der Waals surface area contributed by atoms with Gasteiger partial charge in [0.1, 0.15) is 18.0 Å². The molecule has 1 fully saturated rings. The predicted molar refractivity (Wildman–Crippen MR) is 116 cm³/mol. The summed E-state index contributed by atoms with van der Waals surface area (Å²) in [6.45, 7) is 1.98. The molecule has 0 unspecified atom stereocenters. The maximum Gasteiger partial charge on any atom is 0.294 e. The molecule has 1 amide bonds. The van der Waals surface area contributed by atoms with E-state index in [1.165, 1.54) is 40.3 Å². The number of likely N-dealkylation sites (tertiary alicyclic amines) is 1. The van der Waals surface area contributed by atoms with Crippen molar-refractivity contribution in [2.45, 2.75) is 19.4 Å². The van der Waals surface area contributed by atoms with Gasteiger partial charge in [-0.1, -0.05) is 0 Å². The first-order chi connectivity index (χ1) is 15.8. The SMILES string of the molecule is CN/C(=C1/CCN(C(=O)c2ncn(-c3ccc(O)nc3)n2)[C@@H](C)C1=N)c1cc(F)cc(F)c1. The Morgan fingerprint density at radius 1 is 1.21 bits per heavy atom. The summed E-state index contributed by atoms with van der Waals surface area (Å²) in [5.41, 5.74) is 1.99. The Morgan fingerprint density at radius 2 is 1.94 bits per heavy atom. The number of hydrogen-bond acceptors (Lipinski definition) is 7. The minimum atomic E-state index is -0.712. The first-order valence-electron chi connectivity index (χ1n) is 10.1. The number of carbonyl (C=O) groups excluding carboxylic acids is 1. The quantitative estimate of drug-likeness (QED) is 0.559. The molecule has 9 nitrogen and oxygen atoms in total. The van der Waals surface area contributed by atoms with Gasteiger partial charge < -0.3 is 20.7 Å². The van der Waals surface area contributed by atoms with Gasteiger partial charge in [0.05, 0.1) is 23.6 Å². The summed E-state index contributed by atoms with van der Waals surface area (Å²) < 4.78 is 28.8. The van der Waals surface area contributed by atoms with Crippen LogP contribution in [0.4, 0.5) is 8.78 Å². The molecule has 1 aliphatic heterocycles. The largest absolute Gasteiger partial charge is 0.493 e. The van der Waals surface area contributed by atoms with Crippen molar-refractivity contribution in [1.29, 1.82) is 5.41 Å². The molecule has 2 aromatic heterocycles. The Bertz CT molecular complexity index is 1230. The minimum absolute atomic E-state index is 0.0452. The molecule has 3 heterocycles. The summed E-state index contributed by atoms with van der Waals surface area (Å²) in [7, 11) is 1.62. The number of pyridine rings is 1. The van der Waals surface area contributed by atoms with Gasteiger partial charge in [-0.05, 0) is 31.5 Å². The molecular formula is C22H21F2N7O2. The molecule has 0 aliphatic carbocycles. The molecule has 0 spiro atoms. The second-order valence-corrected chi connectivity index (χ2v) is 7.49. The van der Waals surface area contributed by atoms with Crippen LogP contribution in [0.25, 0.3) is 11.4 Å². The highest BCUT2D eigenvalue weighted by Gasteiger charge is 2.34. The molecule has 11 heteroatoms. The molecule has 0 bridgehead atoms. The van der Waals surface area contributed by atoms with Crippen LogP contribution in [-0.4, -0.2) is 61.0 Å². The lowest BCUT2D eigenvalue weighted by Gasteiger charge is -2.35. The van der Waals surface area contributed by atoms with Crippen LogP contribution < -0.4 is 5.32 Å². The van der Waals surface area contributed by atoms with E-state index in [-0.39, 0.29) is 24.0 Å². The van der Waals surface area contributed by atoms with Crippen molar-refractivity contribution in [2.75, 3.05) is 13.6 Å². The van der Waals surface area contributed by atoms with Gasteiger partial charge >= 0.3 is 0 Å². The van der Waals surface area contributed by atoms with E-state index < -0.39 is 23.6 Å². The fourth-order valence-electron chi connectivity index (χ4n) is 3.80. The van der Waals surface area contributed by atoms with Gasteiger partial charge in [-0.2, -0.15) is 0 Å². The van der Waals surface area contributed by atoms with Crippen molar-refractivity contribution in [3.63, 3.8) is 0 Å². The maximum absolute atomic E-state index is 13.7. The average Bonchev–Trinajstić information content (AvgIpc) is 3.27. The number of nitrogens with zero attached hydrogens (tertiary/aromatic N) is 5. The number of amides is 1. The van der Waals surface area contributed by atoms with Crippen LogP contribution in [0.1, 0.15) is 29.5 Å². The molecule has 0 radical (unpaired) electrons. The highest BCUT2D eigenvalue weighted by atomic mass is 19.1. The summed E-state index contributed by atoms with van der Waals surface area (Å²) >= 11 is 0. The van der Waals surface area contributed by atoms with Crippen molar-refractivity contribution in [1.82, 2.24) is 30.0 Å². The number of nitrogens with one attached hydrogen (secondary N) is 2. The summed E-state index contributed by atoms with van der Waals surface area (Å²) in [4.78, 5) is 22.4. The molecule has 3 N–H and O–H groups in total. The zero-order valence-corrected chi connectivity index (χ0v) is 17.9. The van der Waals surface area contributed by atoms with Crippen LogP contribution in [0.5, 0.6) is 5.88 Å². The average molecular weight is 453 g/mol. The summed E-state index contributed by atoms with van der Waals surface area (Å²) in [6, 6.07) is 5.56. The lowest BCUT2D eigenvalue weighted by atomic mass is 9.91. The molecule has 3 aromatic rings. The Balaban J connectivity index is 1.58. The topological polar surface area (TPSA) is 120 Å². The minimum Gasteiger partial charge on any atom is -0.493 e. The van der Waals surface area contributed by atoms with Crippen LogP contribution in [0.3, 0.4) is 0 Å². The molecule has 33 heavy (non-hydrogen) atoms. The number of benzene rings is 1. The third kappa shape index (κ3) is 4.29. The van der Waals surface area contributed by atoms with Crippen molar-refractivity contribution in [3.8, 4) is 11.6 Å². The van der Waals surface area contributed by atoms with E-state index >= 15 is 0 Å². The molecule has 4 rings (SSSR count). The smallest absolute Gasteiger partial charge is 0.294 e. The lowest BCUT2D eigenvalue weighted by Crippen LogP contribution is -2.48. The summed E-state index contributed by atoms with van der Waals surface area (Å²) in [5.74, 6) is -2.05. The Labute approximate surface area is 187 Å². The fraction of sp³-hybridized carbons (Fsp3) is 0.227. The van der Waals surface area contributed by atoms with Crippen LogP contribution in [0.2, 0.25) is 0 Å². The van der Waals surface area contributed by atoms with Crippen LogP contribution >= 0.6 is 0 Å². The number of halogens is 2. The first-order valence-corrected chi connectivity index (χ1v) is 10.1. The van der Waals surface area contributed by atoms with Gasteiger partial charge in [0, 0.05) is 42.6 Å². The molecule has 0 saturated carbocycles. The van der Waals surface area contributed by atoms with Crippen LogP contribution in [0, 0.1) is 17.0 Å². The Morgan fingerprint density at radius 3 is 2.58 bits per heavy atom. The van der Waals surface area contributed by atoms with Crippen molar-refractivity contribution < 1.29 is 18.7 Å². The predicted octanol–water partition coefficient (Wildman–Crippen LogP) is 2.53. The van der Waals surface area contributed by atoms with E-state index in [0.717, 1.165) is 6.07 Å². The van der Waals surface area contributed by atoms with Gasteiger partial charge in [0.15, 0.2) is 0 Å². The van der Waals surface area contributed by atoms with Crippen LogP contribution in [0.15, 0.2) is 48.4 Å². The Kier molecular flexibility index (Phi) is 5.86. The highest BCUT2D eigenvalue weighted by molar-refractivity contribution is 6.10. The molecule has 1 atom stereocenters. The van der Waals surface area contributed by atoms with E-state index in [0.29, 0.717) is 28.9 Å². The molecule has 1 aromatic carbocycles. The number of aromatic nitrogens is 4. The van der Waals surface area contributed by atoms with Gasteiger partial charge in [0.2, 0.25) is 11.7 Å². The van der Waals surface area contributed by atoms with Gasteiger partial charge in [-0.15, -0.1) is 5.10 Å². The van der Waals surface area contributed by atoms with E-state index in [1.807, 2.05) is 0 Å². The monoisotopic (exact) mass is 453 g/mol. The second-order valence-electron chi connectivity index (χ2n) is 7.49. The van der Waals surface area contributed by atoms with Crippen molar-refractivity contribution in [3.05, 3.63) is 71.5 Å². The summed E-state index contributed by atoms with van der Waals surface area (Å²) in [6.07, 6.45) is 3.07. The van der Waals surface area contributed by atoms with E-state index in [1.54, 1.807) is 20.0 Å². The zero-order valence-electron chi connectivity index (χ0n) is 17.9. The number of rotatable bonds is 4. The number of carbonyl (C=O) groups is 1.